The molecule has 1 saturated heterocycles. The van der Waals surface area contributed by atoms with E-state index in [0.29, 0.717) is 19.1 Å². The van der Waals surface area contributed by atoms with E-state index in [2.05, 4.69) is 17.6 Å². The summed E-state index contributed by atoms with van der Waals surface area (Å²) < 4.78 is 0. The first kappa shape index (κ1) is 10.5. The van der Waals surface area contributed by atoms with Gasteiger partial charge in [-0.3, -0.25) is 4.79 Å². The van der Waals surface area contributed by atoms with Crippen molar-refractivity contribution >= 4 is 5.91 Å². The van der Waals surface area contributed by atoms with E-state index < -0.39 is 0 Å². The fourth-order valence-corrected chi connectivity index (χ4v) is 1.66. The van der Waals surface area contributed by atoms with E-state index >= 15 is 0 Å². The number of carbonyl (C=O) groups excluding carboxylic acids is 1. The van der Waals surface area contributed by atoms with Gasteiger partial charge in [0.1, 0.15) is 0 Å². The van der Waals surface area contributed by atoms with Crippen LogP contribution in [-0.4, -0.2) is 31.6 Å². The maximum atomic E-state index is 11.5. The fourth-order valence-electron chi connectivity index (χ4n) is 1.66. The van der Waals surface area contributed by atoms with Gasteiger partial charge < -0.3 is 16.4 Å². The average molecular weight is 185 g/mol. The Balaban J connectivity index is 2.22. The van der Waals surface area contributed by atoms with Gasteiger partial charge in [0.15, 0.2) is 0 Å². The lowest BCUT2D eigenvalue weighted by Gasteiger charge is -2.14. The van der Waals surface area contributed by atoms with Crippen LogP contribution in [0.3, 0.4) is 0 Å². The number of hydrogen-bond donors (Lipinski definition) is 3. The van der Waals surface area contributed by atoms with E-state index in [1.54, 1.807) is 0 Å². The van der Waals surface area contributed by atoms with Crippen LogP contribution in [-0.2, 0) is 4.79 Å². The van der Waals surface area contributed by atoms with Gasteiger partial charge >= 0.3 is 0 Å². The molecule has 1 amide bonds. The first-order valence-electron chi connectivity index (χ1n) is 4.97. The van der Waals surface area contributed by atoms with E-state index in [1.807, 2.05) is 0 Å². The molecule has 4 N–H and O–H groups in total. The molecule has 0 spiro atoms. The molecule has 1 aliphatic heterocycles. The SMILES string of the molecule is CC1NCCC1C(=O)NCCCN. The lowest BCUT2D eigenvalue weighted by Crippen LogP contribution is -2.37. The van der Waals surface area contributed by atoms with Gasteiger partial charge in [-0.25, -0.2) is 0 Å². The minimum absolute atomic E-state index is 0.151. The van der Waals surface area contributed by atoms with Crippen molar-refractivity contribution in [3.63, 3.8) is 0 Å². The Kier molecular flexibility index (Phi) is 4.18. The van der Waals surface area contributed by atoms with Gasteiger partial charge in [-0.05, 0) is 32.9 Å². The molecule has 1 heterocycles. The monoisotopic (exact) mass is 185 g/mol. The predicted octanol–water partition coefficient (Wildman–Crippen LogP) is -0.551. The number of rotatable bonds is 4. The van der Waals surface area contributed by atoms with Crippen molar-refractivity contribution in [1.29, 1.82) is 0 Å². The zero-order valence-electron chi connectivity index (χ0n) is 8.18. The molecule has 1 rings (SSSR count). The standard InChI is InChI=1S/C9H19N3O/c1-7-8(3-6-11-7)9(13)12-5-2-4-10/h7-8,11H,2-6,10H2,1H3,(H,12,13). The van der Waals surface area contributed by atoms with Crippen LogP contribution < -0.4 is 16.4 Å². The van der Waals surface area contributed by atoms with Crippen molar-refractivity contribution in [2.75, 3.05) is 19.6 Å². The van der Waals surface area contributed by atoms with Crippen LogP contribution in [0.5, 0.6) is 0 Å². The number of amides is 1. The Morgan fingerprint density at radius 2 is 2.46 bits per heavy atom. The molecule has 1 fully saturated rings. The molecular formula is C9H19N3O. The Hall–Kier alpha value is -0.610. The molecule has 0 saturated carbocycles. The smallest absolute Gasteiger partial charge is 0.224 e. The molecule has 0 bridgehead atoms. The van der Waals surface area contributed by atoms with E-state index in [0.717, 1.165) is 19.4 Å². The number of hydrogen-bond acceptors (Lipinski definition) is 3. The summed E-state index contributed by atoms with van der Waals surface area (Å²) in [5, 5.41) is 6.15. The molecule has 0 aromatic rings. The molecule has 0 radical (unpaired) electrons. The minimum atomic E-state index is 0.151. The maximum Gasteiger partial charge on any atom is 0.224 e. The Morgan fingerprint density at radius 3 is 3.00 bits per heavy atom. The molecule has 0 aliphatic carbocycles. The summed E-state index contributed by atoms with van der Waals surface area (Å²) in [6.45, 7) is 4.35. The third-order valence-corrected chi connectivity index (χ3v) is 2.54. The van der Waals surface area contributed by atoms with Gasteiger partial charge in [0.05, 0.1) is 5.92 Å². The summed E-state index contributed by atoms with van der Waals surface area (Å²) in [6.07, 6.45) is 1.82. The lowest BCUT2D eigenvalue weighted by molar-refractivity contribution is -0.125. The van der Waals surface area contributed by atoms with Crippen molar-refractivity contribution in [3.05, 3.63) is 0 Å². The third-order valence-electron chi connectivity index (χ3n) is 2.54. The third kappa shape index (κ3) is 2.97. The molecule has 13 heavy (non-hydrogen) atoms. The largest absolute Gasteiger partial charge is 0.356 e. The molecule has 2 unspecified atom stereocenters. The normalized spacial score (nSPS) is 27.5. The quantitative estimate of drug-likeness (QED) is 0.515. The summed E-state index contributed by atoms with van der Waals surface area (Å²) >= 11 is 0. The second-order valence-corrected chi connectivity index (χ2v) is 3.57. The number of nitrogens with two attached hydrogens (primary N) is 1. The van der Waals surface area contributed by atoms with Crippen molar-refractivity contribution in [3.8, 4) is 0 Å². The Labute approximate surface area is 79.3 Å². The lowest BCUT2D eigenvalue weighted by atomic mass is 10.0. The summed E-state index contributed by atoms with van der Waals surface area (Å²) in [4.78, 5) is 11.5. The highest BCUT2D eigenvalue weighted by Crippen LogP contribution is 2.14. The van der Waals surface area contributed by atoms with Gasteiger partial charge in [0, 0.05) is 12.6 Å². The summed E-state index contributed by atoms with van der Waals surface area (Å²) in [5.74, 6) is 0.323. The molecule has 0 aromatic carbocycles. The van der Waals surface area contributed by atoms with Gasteiger partial charge in [0.25, 0.3) is 0 Å². The second-order valence-electron chi connectivity index (χ2n) is 3.57. The molecule has 0 aromatic heterocycles. The van der Waals surface area contributed by atoms with Gasteiger partial charge in [-0.1, -0.05) is 0 Å². The van der Waals surface area contributed by atoms with Crippen molar-refractivity contribution < 1.29 is 4.79 Å². The van der Waals surface area contributed by atoms with E-state index in [9.17, 15) is 4.79 Å². The van der Waals surface area contributed by atoms with E-state index in [-0.39, 0.29) is 11.8 Å². The van der Waals surface area contributed by atoms with Crippen molar-refractivity contribution in [2.24, 2.45) is 11.7 Å². The zero-order chi connectivity index (χ0) is 9.68. The van der Waals surface area contributed by atoms with Gasteiger partial charge in [-0.15, -0.1) is 0 Å². The highest BCUT2D eigenvalue weighted by molar-refractivity contribution is 5.79. The van der Waals surface area contributed by atoms with Crippen molar-refractivity contribution in [1.82, 2.24) is 10.6 Å². The number of carbonyl (C=O) groups is 1. The van der Waals surface area contributed by atoms with Crippen LogP contribution in [0.4, 0.5) is 0 Å². The van der Waals surface area contributed by atoms with Crippen LogP contribution in [0, 0.1) is 5.92 Å². The van der Waals surface area contributed by atoms with Crippen LogP contribution in [0.1, 0.15) is 19.8 Å². The van der Waals surface area contributed by atoms with Crippen LogP contribution >= 0.6 is 0 Å². The first-order valence-corrected chi connectivity index (χ1v) is 4.97. The van der Waals surface area contributed by atoms with E-state index in [1.165, 1.54) is 0 Å². The molecule has 1 aliphatic rings. The van der Waals surface area contributed by atoms with Crippen LogP contribution in [0.2, 0.25) is 0 Å². The van der Waals surface area contributed by atoms with Crippen molar-refractivity contribution in [2.45, 2.75) is 25.8 Å². The van der Waals surface area contributed by atoms with E-state index in [4.69, 9.17) is 5.73 Å². The average Bonchev–Trinajstić information content (AvgIpc) is 2.52. The fraction of sp³-hybridized carbons (Fsp3) is 0.889. The zero-order valence-corrected chi connectivity index (χ0v) is 8.18. The van der Waals surface area contributed by atoms with Gasteiger partial charge in [-0.2, -0.15) is 0 Å². The molecular weight excluding hydrogens is 166 g/mol. The highest BCUT2D eigenvalue weighted by atomic mass is 16.1. The number of nitrogens with one attached hydrogen (secondary N) is 2. The molecule has 4 heteroatoms. The maximum absolute atomic E-state index is 11.5. The summed E-state index contributed by atoms with van der Waals surface area (Å²) in [6, 6.07) is 0.317. The summed E-state index contributed by atoms with van der Waals surface area (Å²) in [5.41, 5.74) is 5.33. The highest BCUT2D eigenvalue weighted by Gasteiger charge is 2.28. The Bertz CT molecular complexity index is 172. The minimum Gasteiger partial charge on any atom is -0.356 e. The topological polar surface area (TPSA) is 67.2 Å². The molecule has 2 atom stereocenters. The predicted molar refractivity (Wildman–Crippen MR) is 52.3 cm³/mol. The Morgan fingerprint density at radius 1 is 1.69 bits per heavy atom. The second kappa shape index (κ2) is 5.19. The summed E-state index contributed by atoms with van der Waals surface area (Å²) in [7, 11) is 0. The first-order chi connectivity index (χ1) is 6.25. The van der Waals surface area contributed by atoms with Gasteiger partial charge in [0.2, 0.25) is 5.91 Å². The van der Waals surface area contributed by atoms with Crippen LogP contribution in [0.25, 0.3) is 0 Å². The molecule has 4 nitrogen and oxygen atoms in total. The van der Waals surface area contributed by atoms with Crippen LogP contribution in [0.15, 0.2) is 0 Å². The molecule has 76 valence electrons.